The molecule has 2 N–H and O–H groups in total. The summed E-state index contributed by atoms with van der Waals surface area (Å²) in [6.45, 7) is 3.95. The summed E-state index contributed by atoms with van der Waals surface area (Å²) in [5, 5.41) is 0.969. The van der Waals surface area contributed by atoms with Crippen molar-refractivity contribution in [1.29, 1.82) is 0 Å². The van der Waals surface area contributed by atoms with E-state index < -0.39 is 16.1 Å². The fraction of sp³-hybridized carbons (Fsp3) is 0.130. The van der Waals surface area contributed by atoms with Crippen molar-refractivity contribution in [3.05, 3.63) is 99.7 Å². The molecule has 0 saturated carbocycles. The Morgan fingerprint density at radius 3 is 2.17 bits per heavy atom. The predicted molar refractivity (Wildman–Crippen MR) is 121 cm³/mol. The number of aromatic nitrogens is 1. The van der Waals surface area contributed by atoms with Crippen LogP contribution in [0.3, 0.4) is 0 Å². The zero-order chi connectivity index (χ0) is 20.6. The van der Waals surface area contributed by atoms with Crippen molar-refractivity contribution in [3.8, 4) is 0 Å². The van der Waals surface area contributed by atoms with Crippen LogP contribution in [0.2, 0.25) is 0 Å². The molecule has 0 fully saturated rings. The van der Waals surface area contributed by atoms with Crippen molar-refractivity contribution in [2.75, 3.05) is 0 Å². The fourth-order valence-corrected chi connectivity index (χ4v) is 4.93. The van der Waals surface area contributed by atoms with E-state index in [-0.39, 0.29) is 4.90 Å². The van der Waals surface area contributed by atoms with E-state index in [0.717, 1.165) is 37.6 Å². The number of aromatic amines is 1. The average Bonchev–Trinajstić information content (AvgIpc) is 3.10. The highest BCUT2D eigenvalue weighted by atomic mass is 79.9. The Labute approximate surface area is 179 Å². The van der Waals surface area contributed by atoms with E-state index in [1.54, 1.807) is 24.3 Å². The quantitative estimate of drug-likeness (QED) is 0.399. The van der Waals surface area contributed by atoms with Crippen LogP contribution >= 0.6 is 15.9 Å². The first-order chi connectivity index (χ1) is 13.8. The molecule has 0 aliphatic heterocycles. The van der Waals surface area contributed by atoms with Gasteiger partial charge in [-0.1, -0.05) is 63.5 Å². The Bertz CT molecular complexity index is 1260. The lowest BCUT2D eigenvalue weighted by Crippen LogP contribution is -2.29. The van der Waals surface area contributed by atoms with Gasteiger partial charge in [-0.3, -0.25) is 0 Å². The standard InChI is InChI=1S/C23H21BrN2O2S/c1-15-3-7-17(8-4-15)23(21-14-25-22-12-9-18(24)13-20(21)22)26-29(27,28)19-10-5-16(2)6-11-19/h3-14,23,25-26H,1-2H3/t23-/m0/s1. The molecule has 148 valence electrons. The number of sulfonamides is 1. The van der Waals surface area contributed by atoms with Crippen LogP contribution < -0.4 is 4.72 Å². The van der Waals surface area contributed by atoms with E-state index in [2.05, 4.69) is 25.6 Å². The summed E-state index contributed by atoms with van der Waals surface area (Å²) in [6, 6.07) is 20.2. The molecule has 0 spiro atoms. The summed E-state index contributed by atoms with van der Waals surface area (Å²) in [6.07, 6.45) is 1.87. The summed E-state index contributed by atoms with van der Waals surface area (Å²) >= 11 is 3.52. The summed E-state index contributed by atoms with van der Waals surface area (Å²) in [7, 11) is -3.71. The highest BCUT2D eigenvalue weighted by molar-refractivity contribution is 9.10. The molecule has 1 aromatic heterocycles. The number of aryl methyl sites for hydroxylation is 2. The lowest BCUT2D eigenvalue weighted by Gasteiger charge is -2.20. The normalized spacial score (nSPS) is 12.9. The van der Waals surface area contributed by atoms with Crippen LogP contribution in [0.15, 0.2) is 82.3 Å². The van der Waals surface area contributed by atoms with Crippen molar-refractivity contribution in [1.82, 2.24) is 9.71 Å². The first-order valence-corrected chi connectivity index (χ1v) is 11.5. The number of benzene rings is 3. The van der Waals surface area contributed by atoms with Crippen molar-refractivity contribution < 1.29 is 8.42 Å². The minimum absolute atomic E-state index is 0.251. The lowest BCUT2D eigenvalue weighted by atomic mass is 9.98. The highest BCUT2D eigenvalue weighted by Gasteiger charge is 2.25. The first kappa shape index (κ1) is 19.9. The third-order valence-electron chi connectivity index (χ3n) is 5.00. The van der Waals surface area contributed by atoms with Gasteiger partial charge in [0.05, 0.1) is 10.9 Å². The predicted octanol–water partition coefficient (Wildman–Crippen LogP) is 5.62. The van der Waals surface area contributed by atoms with Crippen molar-refractivity contribution in [2.45, 2.75) is 24.8 Å². The van der Waals surface area contributed by atoms with Crippen LogP contribution in [-0.2, 0) is 10.0 Å². The van der Waals surface area contributed by atoms with E-state index in [0.29, 0.717) is 0 Å². The molecule has 0 bridgehead atoms. The monoisotopic (exact) mass is 468 g/mol. The Kier molecular flexibility index (Phi) is 5.34. The van der Waals surface area contributed by atoms with Crippen LogP contribution in [-0.4, -0.2) is 13.4 Å². The highest BCUT2D eigenvalue weighted by Crippen LogP contribution is 2.32. The molecule has 4 rings (SSSR count). The van der Waals surface area contributed by atoms with Gasteiger partial charge < -0.3 is 4.98 Å². The molecule has 1 atom stereocenters. The minimum Gasteiger partial charge on any atom is -0.361 e. The van der Waals surface area contributed by atoms with Gasteiger partial charge in [0.1, 0.15) is 0 Å². The molecule has 0 saturated heterocycles. The Hall–Kier alpha value is -2.41. The van der Waals surface area contributed by atoms with Gasteiger partial charge in [-0.25, -0.2) is 8.42 Å². The van der Waals surface area contributed by atoms with Crippen LogP contribution in [0.25, 0.3) is 10.9 Å². The number of rotatable bonds is 5. The van der Waals surface area contributed by atoms with Crippen LogP contribution in [0.4, 0.5) is 0 Å². The fourth-order valence-electron chi connectivity index (χ4n) is 3.36. The third kappa shape index (κ3) is 4.15. The maximum absolute atomic E-state index is 13.2. The second kappa shape index (κ2) is 7.78. The minimum atomic E-state index is -3.71. The van der Waals surface area contributed by atoms with Crippen LogP contribution in [0, 0.1) is 13.8 Å². The Morgan fingerprint density at radius 1 is 0.897 bits per heavy atom. The smallest absolute Gasteiger partial charge is 0.241 e. The molecule has 4 nitrogen and oxygen atoms in total. The summed E-state index contributed by atoms with van der Waals surface area (Å²) in [5.74, 6) is 0. The molecule has 6 heteroatoms. The third-order valence-corrected chi connectivity index (χ3v) is 6.93. The summed E-state index contributed by atoms with van der Waals surface area (Å²) in [4.78, 5) is 3.51. The summed E-state index contributed by atoms with van der Waals surface area (Å²) in [5.41, 5.74) is 4.85. The van der Waals surface area contributed by atoms with Crippen molar-refractivity contribution >= 4 is 36.9 Å². The molecule has 0 amide bonds. The van der Waals surface area contributed by atoms with Gasteiger partial charge in [0, 0.05) is 21.6 Å². The molecule has 0 radical (unpaired) electrons. The zero-order valence-corrected chi connectivity index (χ0v) is 18.5. The molecule has 0 aliphatic carbocycles. The van der Waals surface area contributed by atoms with Gasteiger partial charge in [-0.2, -0.15) is 4.72 Å². The Morgan fingerprint density at radius 2 is 1.52 bits per heavy atom. The molecule has 0 unspecified atom stereocenters. The summed E-state index contributed by atoms with van der Waals surface area (Å²) < 4.78 is 30.2. The lowest BCUT2D eigenvalue weighted by molar-refractivity contribution is 0.572. The topological polar surface area (TPSA) is 62.0 Å². The molecule has 4 aromatic rings. The molecule has 1 heterocycles. The number of halogens is 1. The Balaban J connectivity index is 1.83. The maximum atomic E-state index is 13.2. The van der Waals surface area contributed by atoms with E-state index >= 15 is 0 Å². The van der Waals surface area contributed by atoms with Gasteiger partial charge in [-0.05, 0) is 55.3 Å². The number of nitrogens with one attached hydrogen (secondary N) is 2. The van der Waals surface area contributed by atoms with Gasteiger partial charge in [0.2, 0.25) is 10.0 Å². The second-order valence-corrected chi connectivity index (χ2v) is 9.84. The van der Waals surface area contributed by atoms with E-state index in [9.17, 15) is 8.42 Å². The van der Waals surface area contributed by atoms with Crippen molar-refractivity contribution in [3.63, 3.8) is 0 Å². The first-order valence-electron chi connectivity index (χ1n) is 9.25. The molecule has 0 aliphatic rings. The number of hydrogen-bond donors (Lipinski definition) is 2. The maximum Gasteiger partial charge on any atom is 0.241 e. The SMILES string of the molecule is Cc1ccc([C@H](NS(=O)(=O)c2ccc(C)cc2)c2c[nH]c3ccc(Br)cc23)cc1. The van der Waals surface area contributed by atoms with Crippen LogP contribution in [0.5, 0.6) is 0 Å². The van der Waals surface area contributed by atoms with E-state index in [1.165, 1.54) is 0 Å². The van der Waals surface area contributed by atoms with Gasteiger partial charge in [-0.15, -0.1) is 0 Å². The van der Waals surface area contributed by atoms with Gasteiger partial charge in [0.15, 0.2) is 0 Å². The number of fused-ring (bicyclic) bond motifs is 1. The molecule has 29 heavy (non-hydrogen) atoms. The number of H-pyrrole nitrogens is 1. The van der Waals surface area contributed by atoms with E-state index in [4.69, 9.17) is 0 Å². The van der Waals surface area contributed by atoms with E-state index in [1.807, 2.05) is 62.5 Å². The van der Waals surface area contributed by atoms with Gasteiger partial charge >= 0.3 is 0 Å². The van der Waals surface area contributed by atoms with Gasteiger partial charge in [0.25, 0.3) is 0 Å². The second-order valence-electron chi connectivity index (χ2n) is 7.21. The largest absolute Gasteiger partial charge is 0.361 e. The number of hydrogen-bond acceptors (Lipinski definition) is 2. The molecular formula is C23H21BrN2O2S. The zero-order valence-electron chi connectivity index (χ0n) is 16.1. The average molecular weight is 469 g/mol. The van der Waals surface area contributed by atoms with Crippen LogP contribution in [0.1, 0.15) is 28.3 Å². The molecular weight excluding hydrogens is 448 g/mol. The molecule has 3 aromatic carbocycles. The van der Waals surface area contributed by atoms with Crippen molar-refractivity contribution in [2.24, 2.45) is 0 Å².